The average Bonchev–Trinajstić information content (AvgIpc) is 2.91. The lowest BCUT2D eigenvalue weighted by molar-refractivity contribution is -0.384. The van der Waals surface area contributed by atoms with Gasteiger partial charge in [0, 0.05) is 38.1 Å². The molecule has 2 aliphatic rings. The maximum absolute atomic E-state index is 13.9. The molecule has 0 aliphatic carbocycles. The average molecular weight is 535 g/mol. The standard InChI is InChI=1S/C27H26N4O6S/c1-2-14-28-18-25-29(38(36,37)23-12-9-20-5-3-4-6-21(20)17-23)15-13-26(32)30(25)24(27(28)33)16-19-7-10-22(11-8-19)31(34)35/h2-12,17,24-25H,1,13-16,18H2. The van der Waals surface area contributed by atoms with Crippen molar-refractivity contribution in [3.8, 4) is 0 Å². The van der Waals surface area contributed by atoms with Crippen LogP contribution < -0.4 is 0 Å². The molecule has 0 aromatic heterocycles. The van der Waals surface area contributed by atoms with Crippen LogP contribution in [-0.4, -0.2) is 71.1 Å². The van der Waals surface area contributed by atoms with E-state index >= 15 is 0 Å². The zero-order valence-corrected chi connectivity index (χ0v) is 21.3. The topological polar surface area (TPSA) is 121 Å². The predicted molar refractivity (Wildman–Crippen MR) is 140 cm³/mol. The number of hydrogen-bond acceptors (Lipinski definition) is 6. The number of piperazine rings is 1. The van der Waals surface area contributed by atoms with Crippen molar-refractivity contribution in [3.63, 3.8) is 0 Å². The Labute approximate surface area is 219 Å². The molecule has 11 heteroatoms. The molecule has 38 heavy (non-hydrogen) atoms. The number of hydrogen-bond donors (Lipinski definition) is 0. The number of nitrogens with zero attached hydrogens (tertiary/aromatic N) is 4. The molecular formula is C27H26N4O6S. The summed E-state index contributed by atoms with van der Waals surface area (Å²) >= 11 is 0. The molecule has 2 amide bonds. The third kappa shape index (κ3) is 4.54. The summed E-state index contributed by atoms with van der Waals surface area (Å²) in [4.78, 5) is 40.2. The zero-order valence-electron chi connectivity index (χ0n) is 20.5. The summed E-state index contributed by atoms with van der Waals surface area (Å²) < 4.78 is 29.1. The SMILES string of the molecule is C=CCN1CC2N(C(=O)CCN2S(=O)(=O)c2ccc3ccccc3c2)C(Cc2ccc([N+](=O)[O-])cc2)C1=O. The van der Waals surface area contributed by atoms with Gasteiger partial charge < -0.3 is 9.80 Å². The van der Waals surface area contributed by atoms with Crippen molar-refractivity contribution < 1.29 is 22.9 Å². The molecule has 0 bridgehead atoms. The van der Waals surface area contributed by atoms with Crippen molar-refractivity contribution in [1.29, 1.82) is 0 Å². The fraction of sp³-hybridized carbons (Fsp3) is 0.259. The highest BCUT2D eigenvalue weighted by Gasteiger charge is 2.50. The van der Waals surface area contributed by atoms with E-state index in [0.29, 0.717) is 5.56 Å². The lowest BCUT2D eigenvalue weighted by atomic mass is 9.98. The maximum Gasteiger partial charge on any atom is 0.269 e. The van der Waals surface area contributed by atoms with Gasteiger partial charge in [0.25, 0.3) is 5.69 Å². The molecule has 2 unspecified atom stereocenters. The fourth-order valence-corrected chi connectivity index (χ4v) is 6.80. The summed E-state index contributed by atoms with van der Waals surface area (Å²) in [6.07, 6.45) is 0.697. The van der Waals surface area contributed by atoms with E-state index in [0.717, 1.165) is 10.8 Å². The minimum atomic E-state index is -4.01. The Balaban J connectivity index is 1.52. The van der Waals surface area contributed by atoms with E-state index < -0.39 is 27.2 Å². The molecule has 2 heterocycles. The van der Waals surface area contributed by atoms with E-state index in [1.165, 1.54) is 26.2 Å². The largest absolute Gasteiger partial charge is 0.334 e. The predicted octanol–water partition coefficient (Wildman–Crippen LogP) is 2.94. The molecule has 2 saturated heterocycles. The minimum absolute atomic E-state index is 0.00443. The summed E-state index contributed by atoms with van der Waals surface area (Å²) in [6.45, 7) is 3.92. The molecule has 2 atom stereocenters. The molecular weight excluding hydrogens is 508 g/mol. The van der Waals surface area contributed by atoms with Gasteiger partial charge in [0.15, 0.2) is 0 Å². The third-order valence-corrected chi connectivity index (χ3v) is 8.95. The third-order valence-electron chi connectivity index (χ3n) is 7.06. The highest BCUT2D eigenvalue weighted by atomic mass is 32.2. The van der Waals surface area contributed by atoms with Crippen LogP contribution in [-0.2, 0) is 26.0 Å². The Bertz CT molecular complexity index is 1540. The van der Waals surface area contributed by atoms with Gasteiger partial charge in [-0.05, 0) is 28.5 Å². The lowest BCUT2D eigenvalue weighted by Gasteiger charge is -2.51. The van der Waals surface area contributed by atoms with Gasteiger partial charge in [0.2, 0.25) is 21.8 Å². The molecule has 3 aromatic carbocycles. The number of amides is 2. The summed E-state index contributed by atoms with van der Waals surface area (Å²) in [6, 6.07) is 17.2. The van der Waals surface area contributed by atoms with Gasteiger partial charge in [-0.15, -0.1) is 6.58 Å². The quantitative estimate of drug-likeness (QED) is 0.261. The van der Waals surface area contributed by atoms with E-state index in [1.54, 1.807) is 36.4 Å². The number of sulfonamides is 1. The zero-order chi connectivity index (χ0) is 27.0. The Morgan fingerprint density at radius 2 is 1.74 bits per heavy atom. The highest BCUT2D eigenvalue weighted by Crippen LogP contribution is 2.32. The Hall–Kier alpha value is -4.09. The van der Waals surface area contributed by atoms with Gasteiger partial charge in [-0.3, -0.25) is 19.7 Å². The van der Waals surface area contributed by atoms with Crippen LogP contribution >= 0.6 is 0 Å². The molecule has 2 aliphatic heterocycles. The van der Waals surface area contributed by atoms with E-state index in [2.05, 4.69) is 6.58 Å². The van der Waals surface area contributed by atoms with Crippen LogP contribution in [0.2, 0.25) is 0 Å². The first-order valence-electron chi connectivity index (χ1n) is 12.2. The van der Waals surface area contributed by atoms with Gasteiger partial charge in [0.05, 0.1) is 16.4 Å². The van der Waals surface area contributed by atoms with Crippen LogP contribution in [0.1, 0.15) is 12.0 Å². The van der Waals surface area contributed by atoms with Crippen LogP contribution in [0, 0.1) is 10.1 Å². The highest BCUT2D eigenvalue weighted by molar-refractivity contribution is 7.89. The first-order chi connectivity index (χ1) is 18.2. The van der Waals surface area contributed by atoms with Crippen LogP contribution in [0.4, 0.5) is 5.69 Å². The molecule has 10 nitrogen and oxygen atoms in total. The molecule has 3 aromatic rings. The summed E-state index contributed by atoms with van der Waals surface area (Å²) in [7, 11) is -4.01. The normalized spacial score (nSPS) is 20.4. The molecule has 5 rings (SSSR count). The maximum atomic E-state index is 13.9. The second-order valence-electron chi connectivity index (χ2n) is 9.33. The second kappa shape index (κ2) is 9.99. The fourth-order valence-electron chi connectivity index (χ4n) is 5.19. The number of carbonyl (C=O) groups excluding carboxylic acids is 2. The Morgan fingerprint density at radius 3 is 2.42 bits per heavy atom. The van der Waals surface area contributed by atoms with Crippen molar-refractivity contribution >= 4 is 38.3 Å². The Kier molecular flexibility index (Phi) is 6.72. The number of carbonyl (C=O) groups is 2. The van der Waals surface area contributed by atoms with Crippen LogP contribution in [0.25, 0.3) is 10.8 Å². The molecule has 0 saturated carbocycles. The molecule has 0 radical (unpaired) electrons. The van der Waals surface area contributed by atoms with Crippen molar-refractivity contribution in [2.75, 3.05) is 19.6 Å². The monoisotopic (exact) mass is 534 g/mol. The van der Waals surface area contributed by atoms with Crippen molar-refractivity contribution in [1.82, 2.24) is 14.1 Å². The molecule has 196 valence electrons. The second-order valence-corrected chi connectivity index (χ2v) is 11.2. The number of non-ortho nitro benzene ring substituents is 1. The number of fused-ring (bicyclic) bond motifs is 2. The first-order valence-corrected chi connectivity index (χ1v) is 13.6. The molecule has 2 fully saturated rings. The Morgan fingerprint density at radius 1 is 1.03 bits per heavy atom. The van der Waals surface area contributed by atoms with Crippen LogP contribution in [0.5, 0.6) is 0 Å². The molecule has 0 N–H and O–H groups in total. The number of rotatable bonds is 7. The van der Waals surface area contributed by atoms with E-state index in [-0.39, 0.29) is 54.9 Å². The van der Waals surface area contributed by atoms with Gasteiger partial charge >= 0.3 is 0 Å². The van der Waals surface area contributed by atoms with Crippen LogP contribution in [0.15, 0.2) is 84.3 Å². The smallest absolute Gasteiger partial charge is 0.269 e. The first kappa shape index (κ1) is 25.6. The number of nitro benzene ring substituents is 1. The van der Waals surface area contributed by atoms with E-state index in [1.807, 2.05) is 24.3 Å². The van der Waals surface area contributed by atoms with Crippen molar-refractivity contribution in [2.24, 2.45) is 0 Å². The summed E-state index contributed by atoms with van der Waals surface area (Å²) in [5, 5.41) is 12.7. The van der Waals surface area contributed by atoms with E-state index in [9.17, 15) is 28.1 Å². The van der Waals surface area contributed by atoms with Gasteiger partial charge in [0.1, 0.15) is 12.2 Å². The van der Waals surface area contributed by atoms with Gasteiger partial charge in [-0.1, -0.05) is 48.5 Å². The molecule has 0 spiro atoms. The van der Waals surface area contributed by atoms with Crippen molar-refractivity contribution in [2.45, 2.75) is 29.9 Å². The number of benzene rings is 3. The minimum Gasteiger partial charge on any atom is -0.334 e. The van der Waals surface area contributed by atoms with Crippen molar-refractivity contribution in [3.05, 3.63) is 95.1 Å². The lowest BCUT2D eigenvalue weighted by Crippen LogP contribution is -2.71. The van der Waals surface area contributed by atoms with Crippen LogP contribution in [0.3, 0.4) is 0 Å². The summed E-state index contributed by atoms with van der Waals surface area (Å²) in [5.74, 6) is -0.628. The van der Waals surface area contributed by atoms with E-state index in [4.69, 9.17) is 0 Å². The van der Waals surface area contributed by atoms with Gasteiger partial charge in [-0.25, -0.2) is 8.42 Å². The summed E-state index contributed by atoms with van der Waals surface area (Å²) in [5.41, 5.74) is 0.534. The number of nitro groups is 1. The van der Waals surface area contributed by atoms with Gasteiger partial charge in [-0.2, -0.15) is 4.31 Å².